The number of hydrogen-bond donors (Lipinski definition) is 1. The number of nitriles is 1. The number of nitrogens with zero attached hydrogens (tertiary/aromatic N) is 3. The number of ether oxygens (including phenoxy) is 1. The first-order valence-electron chi connectivity index (χ1n) is 14.2. The van der Waals surface area contributed by atoms with Crippen LogP contribution in [0.5, 0.6) is 0 Å². The molecule has 3 heterocycles. The molecule has 1 spiro atoms. The maximum absolute atomic E-state index is 14.0. The van der Waals surface area contributed by atoms with Crippen molar-refractivity contribution in [1.82, 2.24) is 9.80 Å². The molecule has 2 fully saturated rings. The van der Waals surface area contributed by atoms with Crippen molar-refractivity contribution in [3.05, 3.63) is 65.7 Å². The van der Waals surface area contributed by atoms with Gasteiger partial charge < -0.3 is 19.9 Å². The molecule has 3 aliphatic heterocycles. The Kier molecular flexibility index (Phi) is 7.60. The average molecular weight is 557 g/mol. The van der Waals surface area contributed by atoms with Gasteiger partial charge in [-0.15, -0.1) is 0 Å². The first-order valence-corrected chi connectivity index (χ1v) is 14.2. The third kappa shape index (κ3) is 5.31. The summed E-state index contributed by atoms with van der Waals surface area (Å²) in [4.78, 5) is 57.0. The van der Waals surface area contributed by atoms with Gasteiger partial charge in [0.15, 0.2) is 0 Å². The van der Waals surface area contributed by atoms with Crippen molar-refractivity contribution >= 4 is 29.4 Å². The van der Waals surface area contributed by atoms with E-state index in [1.807, 2.05) is 75.4 Å². The van der Waals surface area contributed by atoms with Crippen LogP contribution in [0.2, 0.25) is 0 Å². The summed E-state index contributed by atoms with van der Waals surface area (Å²) in [5.74, 6) is -1.97. The molecule has 0 aromatic heterocycles. The number of nitrogens with one attached hydrogen (secondary N) is 1. The molecule has 9 nitrogen and oxygen atoms in total. The number of hydrogen-bond acceptors (Lipinski definition) is 6. The number of amides is 3. The standard InChI is InChI=1S/C32H36N4O5/c1-31(2,3)24(16-27(37)41-19-21-10-5-4-6-11-21)28(38)35-15-9-14-26(35)29(39)36-20-32(17-22(36)18-33)23-12-7-8-13-25(23)34-30(32)40/h4-8,10-13,22,24,26H,9,14-17,19-20H2,1-3H3,(H,34,40)/t22-,24?,26-,32-/m0/s1. The third-order valence-electron chi connectivity index (χ3n) is 8.69. The maximum atomic E-state index is 14.0. The molecule has 4 atom stereocenters. The molecule has 0 bridgehead atoms. The molecule has 0 radical (unpaired) electrons. The Morgan fingerprint density at radius 3 is 2.51 bits per heavy atom. The zero-order valence-corrected chi connectivity index (χ0v) is 23.8. The second-order valence-electron chi connectivity index (χ2n) is 12.4. The molecule has 9 heteroatoms. The molecule has 0 saturated carbocycles. The molecule has 1 N–H and O–H groups in total. The van der Waals surface area contributed by atoms with Gasteiger partial charge in [0.2, 0.25) is 17.7 Å². The van der Waals surface area contributed by atoms with Crippen LogP contribution in [0.1, 0.15) is 57.6 Å². The van der Waals surface area contributed by atoms with E-state index in [9.17, 15) is 24.4 Å². The number of carbonyl (C=O) groups is 4. The summed E-state index contributed by atoms with van der Waals surface area (Å²) in [5, 5.41) is 12.9. The first-order chi connectivity index (χ1) is 19.5. The lowest BCUT2D eigenvalue weighted by Crippen LogP contribution is -2.52. The quantitative estimate of drug-likeness (QED) is 0.541. The summed E-state index contributed by atoms with van der Waals surface area (Å²) in [6.07, 6.45) is 1.20. The summed E-state index contributed by atoms with van der Waals surface area (Å²) in [7, 11) is 0. The third-order valence-corrected chi connectivity index (χ3v) is 8.69. The Bertz CT molecular complexity index is 1390. The van der Waals surface area contributed by atoms with Gasteiger partial charge in [-0.25, -0.2) is 0 Å². The highest BCUT2D eigenvalue weighted by molar-refractivity contribution is 6.07. The number of benzene rings is 2. The lowest BCUT2D eigenvalue weighted by molar-refractivity contribution is -0.155. The maximum Gasteiger partial charge on any atom is 0.306 e. The second-order valence-corrected chi connectivity index (χ2v) is 12.4. The molecule has 5 rings (SSSR count). The highest BCUT2D eigenvalue weighted by Gasteiger charge is 2.57. The Balaban J connectivity index is 1.32. The van der Waals surface area contributed by atoms with Crippen molar-refractivity contribution < 1.29 is 23.9 Å². The van der Waals surface area contributed by atoms with Crippen LogP contribution in [-0.4, -0.2) is 58.7 Å². The predicted molar refractivity (Wildman–Crippen MR) is 151 cm³/mol. The smallest absolute Gasteiger partial charge is 0.306 e. The van der Waals surface area contributed by atoms with Crippen molar-refractivity contribution in [2.24, 2.45) is 11.3 Å². The molecule has 214 valence electrons. The number of esters is 1. The summed E-state index contributed by atoms with van der Waals surface area (Å²) in [6, 6.07) is 17.4. The normalized spacial score (nSPS) is 24.1. The lowest BCUT2D eigenvalue weighted by atomic mass is 9.77. The molecule has 2 aromatic rings. The van der Waals surface area contributed by atoms with Gasteiger partial charge >= 0.3 is 5.97 Å². The van der Waals surface area contributed by atoms with Gasteiger partial charge in [-0.2, -0.15) is 5.26 Å². The molecule has 41 heavy (non-hydrogen) atoms. The lowest BCUT2D eigenvalue weighted by Gasteiger charge is -2.36. The van der Waals surface area contributed by atoms with Gasteiger partial charge in [0, 0.05) is 25.2 Å². The van der Waals surface area contributed by atoms with Crippen LogP contribution in [0, 0.1) is 22.7 Å². The van der Waals surface area contributed by atoms with E-state index in [0.717, 1.165) is 11.1 Å². The van der Waals surface area contributed by atoms with E-state index >= 15 is 0 Å². The SMILES string of the molecule is CC(C)(C)C(CC(=O)OCc1ccccc1)C(=O)N1CCC[C@H]1C(=O)N1C[C@]2(C[C@H]1C#N)C(=O)Nc1ccccc12. The average Bonchev–Trinajstić information content (AvgIpc) is 3.67. The summed E-state index contributed by atoms with van der Waals surface area (Å²) in [5.41, 5.74) is 0.808. The van der Waals surface area contributed by atoms with Gasteiger partial charge in [0.25, 0.3) is 0 Å². The highest BCUT2D eigenvalue weighted by Crippen LogP contribution is 2.46. The number of anilines is 1. The largest absolute Gasteiger partial charge is 0.461 e. The minimum atomic E-state index is -0.990. The number of carbonyl (C=O) groups excluding carboxylic acids is 4. The van der Waals surface area contributed by atoms with Crippen molar-refractivity contribution in [2.45, 2.75) is 70.6 Å². The second kappa shape index (κ2) is 11.0. The topological polar surface area (TPSA) is 120 Å². The number of likely N-dealkylation sites (tertiary alicyclic amines) is 2. The van der Waals surface area contributed by atoms with Gasteiger partial charge in [-0.05, 0) is 35.4 Å². The molecular weight excluding hydrogens is 520 g/mol. The van der Waals surface area contributed by atoms with E-state index in [-0.39, 0.29) is 43.7 Å². The van der Waals surface area contributed by atoms with Crippen LogP contribution in [0.4, 0.5) is 5.69 Å². The van der Waals surface area contributed by atoms with E-state index in [0.29, 0.717) is 25.1 Å². The van der Waals surface area contributed by atoms with Crippen LogP contribution < -0.4 is 5.32 Å². The van der Waals surface area contributed by atoms with Crippen molar-refractivity contribution in [3.8, 4) is 6.07 Å². The Labute approximate surface area is 240 Å². The molecule has 1 unspecified atom stereocenters. The summed E-state index contributed by atoms with van der Waals surface area (Å²) < 4.78 is 5.48. The minimum Gasteiger partial charge on any atom is -0.461 e. The fraction of sp³-hybridized carbons (Fsp3) is 0.469. The number of rotatable bonds is 6. The zero-order valence-electron chi connectivity index (χ0n) is 23.8. The van der Waals surface area contributed by atoms with Gasteiger partial charge in [0.05, 0.1) is 23.8 Å². The van der Waals surface area contributed by atoms with Gasteiger partial charge in [-0.3, -0.25) is 19.2 Å². The molecule has 2 aromatic carbocycles. The molecular formula is C32H36N4O5. The van der Waals surface area contributed by atoms with Crippen molar-refractivity contribution in [1.29, 1.82) is 5.26 Å². The van der Waals surface area contributed by atoms with Crippen LogP contribution >= 0.6 is 0 Å². The highest BCUT2D eigenvalue weighted by atomic mass is 16.5. The summed E-state index contributed by atoms with van der Waals surface area (Å²) in [6.45, 7) is 6.30. The fourth-order valence-electron chi connectivity index (χ4n) is 6.39. The Hall–Kier alpha value is -4.19. The van der Waals surface area contributed by atoms with Gasteiger partial charge in [0.1, 0.15) is 18.7 Å². The van der Waals surface area contributed by atoms with E-state index < -0.39 is 34.8 Å². The van der Waals surface area contributed by atoms with E-state index in [4.69, 9.17) is 4.74 Å². The van der Waals surface area contributed by atoms with Crippen LogP contribution in [0.3, 0.4) is 0 Å². The van der Waals surface area contributed by atoms with Crippen molar-refractivity contribution in [2.75, 3.05) is 18.4 Å². The molecule has 2 saturated heterocycles. The van der Waals surface area contributed by atoms with Gasteiger partial charge in [-0.1, -0.05) is 69.3 Å². The Morgan fingerprint density at radius 1 is 1.10 bits per heavy atom. The fourth-order valence-corrected chi connectivity index (χ4v) is 6.39. The van der Waals surface area contributed by atoms with E-state index in [1.54, 1.807) is 4.90 Å². The van der Waals surface area contributed by atoms with Crippen LogP contribution in [0.15, 0.2) is 54.6 Å². The first kappa shape index (κ1) is 28.3. The van der Waals surface area contributed by atoms with Crippen LogP contribution in [-0.2, 0) is 35.9 Å². The number of fused-ring (bicyclic) bond motifs is 2. The molecule has 3 amide bonds. The zero-order chi connectivity index (χ0) is 29.4. The van der Waals surface area contributed by atoms with E-state index in [2.05, 4.69) is 11.4 Å². The Morgan fingerprint density at radius 2 is 1.80 bits per heavy atom. The molecule has 3 aliphatic rings. The molecule has 0 aliphatic carbocycles. The number of para-hydroxylation sites is 1. The predicted octanol–water partition coefficient (Wildman–Crippen LogP) is 3.79. The van der Waals surface area contributed by atoms with E-state index in [1.165, 1.54) is 4.90 Å². The summed E-state index contributed by atoms with van der Waals surface area (Å²) >= 11 is 0. The monoisotopic (exact) mass is 556 g/mol. The van der Waals surface area contributed by atoms with Crippen molar-refractivity contribution in [3.63, 3.8) is 0 Å². The van der Waals surface area contributed by atoms with Crippen LogP contribution in [0.25, 0.3) is 0 Å². The minimum absolute atomic E-state index is 0.0833.